The highest BCUT2D eigenvalue weighted by molar-refractivity contribution is 5.58. The molecule has 0 bridgehead atoms. The Bertz CT molecular complexity index is 110. The Morgan fingerprint density at radius 1 is 1.50 bits per heavy atom. The number of aliphatic imine (C=N–C) groups is 1. The van der Waals surface area contributed by atoms with E-state index < -0.39 is 0 Å². The molecule has 0 aromatic carbocycles. The molecule has 0 aliphatic heterocycles. The second-order valence-electron chi connectivity index (χ2n) is 1.81. The zero-order valence-electron chi connectivity index (χ0n) is 6.29. The van der Waals surface area contributed by atoms with Crippen LogP contribution in [0.4, 0.5) is 0 Å². The van der Waals surface area contributed by atoms with Crippen LogP contribution in [0.5, 0.6) is 0 Å². The number of hydrogen-bond donors (Lipinski definition) is 1. The molecule has 0 saturated heterocycles. The molecule has 0 rings (SSSR count). The Morgan fingerprint density at radius 2 is 2.30 bits per heavy atom. The van der Waals surface area contributed by atoms with E-state index in [0.717, 1.165) is 12.8 Å². The van der Waals surface area contributed by atoms with Gasteiger partial charge < -0.3 is 9.83 Å². The second-order valence-corrected chi connectivity index (χ2v) is 1.81. The van der Waals surface area contributed by atoms with E-state index in [4.69, 9.17) is 5.90 Å². The molecule has 0 heterocycles. The van der Waals surface area contributed by atoms with Gasteiger partial charge >= 0.3 is 0 Å². The van der Waals surface area contributed by atoms with Crippen molar-refractivity contribution in [1.82, 2.24) is 0 Å². The van der Waals surface area contributed by atoms with E-state index in [0.29, 0.717) is 6.61 Å². The van der Waals surface area contributed by atoms with Crippen LogP contribution in [-0.4, -0.2) is 19.9 Å². The summed E-state index contributed by atoms with van der Waals surface area (Å²) in [7, 11) is 1.76. The van der Waals surface area contributed by atoms with Gasteiger partial charge in [0.05, 0.1) is 6.61 Å². The fraction of sp³-hybridized carbons (Fsp3) is 0.571. The van der Waals surface area contributed by atoms with E-state index >= 15 is 0 Å². The summed E-state index contributed by atoms with van der Waals surface area (Å²) >= 11 is 0. The van der Waals surface area contributed by atoms with Crippen molar-refractivity contribution in [3.8, 4) is 0 Å². The van der Waals surface area contributed by atoms with Crippen molar-refractivity contribution in [2.45, 2.75) is 12.8 Å². The lowest BCUT2D eigenvalue weighted by Gasteiger charge is -1.88. The van der Waals surface area contributed by atoms with Gasteiger partial charge in [-0.15, -0.1) is 0 Å². The minimum absolute atomic E-state index is 0.583. The minimum atomic E-state index is 0.583. The monoisotopic (exact) mass is 142 g/mol. The van der Waals surface area contributed by atoms with Crippen molar-refractivity contribution >= 4 is 6.21 Å². The van der Waals surface area contributed by atoms with Crippen molar-refractivity contribution in [1.29, 1.82) is 0 Å². The molecule has 3 nitrogen and oxygen atoms in total. The SMILES string of the molecule is C/N=C/CC=CCCON. The molecule has 0 aliphatic rings. The Kier molecular flexibility index (Phi) is 7.77. The number of nitrogens with zero attached hydrogens (tertiary/aromatic N) is 1. The first kappa shape index (κ1) is 9.33. The Labute approximate surface area is 61.5 Å². The van der Waals surface area contributed by atoms with Crippen LogP contribution in [0.2, 0.25) is 0 Å². The van der Waals surface area contributed by atoms with Crippen LogP contribution in [0.3, 0.4) is 0 Å². The van der Waals surface area contributed by atoms with Gasteiger partial charge in [-0.25, -0.2) is 5.90 Å². The Balaban J connectivity index is 3.04. The minimum Gasteiger partial charge on any atom is -0.304 e. The van der Waals surface area contributed by atoms with E-state index in [1.165, 1.54) is 0 Å². The average Bonchev–Trinajstić information content (AvgIpc) is 1.97. The van der Waals surface area contributed by atoms with Gasteiger partial charge in [0.15, 0.2) is 0 Å². The molecule has 0 spiro atoms. The van der Waals surface area contributed by atoms with Crippen molar-refractivity contribution in [3.05, 3.63) is 12.2 Å². The fourth-order valence-corrected chi connectivity index (χ4v) is 0.516. The zero-order chi connectivity index (χ0) is 7.66. The summed E-state index contributed by atoms with van der Waals surface area (Å²) in [5.41, 5.74) is 0. The Morgan fingerprint density at radius 3 is 2.90 bits per heavy atom. The lowest BCUT2D eigenvalue weighted by Crippen LogP contribution is -1.98. The van der Waals surface area contributed by atoms with Gasteiger partial charge in [0.25, 0.3) is 0 Å². The van der Waals surface area contributed by atoms with Crippen LogP contribution in [0.25, 0.3) is 0 Å². The topological polar surface area (TPSA) is 47.6 Å². The van der Waals surface area contributed by atoms with Gasteiger partial charge in [-0.1, -0.05) is 12.2 Å². The molecule has 0 fully saturated rings. The predicted octanol–water partition coefficient (Wildman–Crippen LogP) is 0.914. The van der Waals surface area contributed by atoms with Crippen molar-refractivity contribution in [3.63, 3.8) is 0 Å². The summed E-state index contributed by atoms with van der Waals surface area (Å²) in [5, 5.41) is 0. The van der Waals surface area contributed by atoms with Gasteiger partial charge in [-0.3, -0.25) is 0 Å². The predicted molar refractivity (Wildman–Crippen MR) is 42.9 cm³/mol. The zero-order valence-corrected chi connectivity index (χ0v) is 6.29. The third kappa shape index (κ3) is 7.33. The first-order valence-corrected chi connectivity index (χ1v) is 3.29. The maximum atomic E-state index is 4.81. The van der Waals surface area contributed by atoms with Gasteiger partial charge in [0, 0.05) is 19.7 Å². The lowest BCUT2D eigenvalue weighted by molar-refractivity contribution is 0.143. The van der Waals surface area contributed by atoms with Crippen molar-refractivity contribution < 1.29 is 4.84 Å². The fourth-order valence-electron chi connectivity index (χ4n) is 0.516. The molecular formula is C7H14N2O. The number of nitrogens with two attached hydrogens (primary N) is 1. The first-order valence-electron chi connectivity index (χ1n) is 3.29. The van der Waals surface area contributed by atoms with Crippen LogP contribution < -0.4 is 5.90 Å². The van der Waals surface area contributed by atoms with Crippen LogP contribution in [0, 0.1) is 0 Å². The molecule has 10 heavy (non-hydrogen) atoms. The van der Waals surface area contributed by atoms with E-state index in [2.05, 4.69) is 9.83 Å². The molecule has 2 N–H and O–H groups in total. The normalized spacial score (nSPS) is 11.8. The lowest BCUT2D eigenvalue weighted by atomic mass is 10.3. The number of hydrogen-bond acceptors (Lipinski definition) is 3. The molecule has 0 unspecified atom stereocenters. The number of allylic oxidation sites excluding steroid dienone is 1. The molecule has 0 aromatic heterocycles. The molecule has 0 amide bonds. The van der Waals surface area contributed by atoms with Crippen LogP contribution in [0.1, 0.15) is 12.8 Å². The largest absolute Gasteiger partial charge is 0.304 e. The molecule has 0 aliphatic carbocycles. The average molecular weight is 142 g/mol. The second kappa shape index (κ2) is 8.33. The smallest absolute Gasteiger partial charge is 0.0713 e. The molecule has 3 heteroatoms. The van der Waals surface area contributed by atoms with E-state index in [1.54, 1.807) is 7.05 Å². The maximum Gasteiger partial charge on any atom is 0.0713 e. The highest BCUT2D eigenvalue weighted by atomic mass is 16.6. The third-order valence-electron chi connectivity index (χ3n) is 0.993. The van der Waals surface area contributed by atoms with Crippen molar-refractivity contribution in [2.75, 3.05) is 13.7 Å². The van der Waals surface area contributed by atoms with Gasteiger partial charge in [0.1, 0.15) is 0 Å². The van der Waals surface area contributed by atoms with Crippen LogP contribution in [0.15, 0.2) is 17.1 Å². The van der Waals surface area contributed by atoms with Crippen LogP contribution >= 0.6 is 0 Å². The maximum absolute atomic E-state index is 4.81. The standard InChI is InChI=1S/C7H14N2O/c1-9-6-4-2-3-5-7-10-8/h2-3,6H,4-5,7-8H2,1H3/b3-2?,9-6+. The first-order chi connectivity index (χ1) is 4.91. The molecule has 0 radical (unpaired) electrons. The van der Waals surface area contributed by atoms with E-state index in [1.807, 2.05) is 18.4 Å². The van der Waals surface area contributed by atoms with Gasteiger partial charge in [0.2, 0.25) is 0 Å². The molecule has 58 valence electrons. The van der Waals surface area contributed by atoms with Gasteiger partial charge in [-0.05, 0) is 6.42 Å². The molecule has 0 saturated carbocycles. The summed E-state index contributed by atoms with van der Waals surface area (Å²) in [6.45, 7) is 0.583. The third-order valence-corrected chi connectivity index (χ3v) is 0.993. The number of rotatable bonds is 5. The Hall–Kier alpha value is -0.670. The molecule has 0 aromatic rings. The summed E-state index contributed by atoms with van der Waals surface area (Å²) in [5.74, 6) is 4.81. The van der Waals surface area contributed by atoms with E-state index in [-0.39, 0.29) is 0 Å². The summed E-state index contributed by atoms with van der Waals surface area (Å²) < 4.78 is 0. The van der Waals surface area contributed by atoms with Crippen molar-refractivity contribution in [2.24, 2.45) is 10.9 Å². The van der Waals surface area contributed by atoms with Gasteiger partial charge in [-0.2, -0.15) is 0 Å². The van der Waals surface area contributed by atoms with Crippen LogP contribution in [-0.2, 0) is 4.84 Å². The quantitative estimate of drug-likeness (QED) is 0.268. The highest BCUT2D eigenvalue weighted by Gasteiger charge is 1.76. The van der Waals surface area contributed by atoms with E-state index in [9.17, 15) is 0 Å². The highest BCUT2D eigenvalue weighted by Crippen LogP contribution is 1.84. The summed E-state index contributed by atoms with van der Waals surface area (Å²) in [6, 6.07) is 0. The summed E-state index contributed by atoms with van der Waals surface area (Å²) in [4.78, 5) is 8.18. The summed E-state index contributed by atoms with van der Waals surface area (Å²) in [6.07, 6.45) is 7.66. The molecule has 0 atom stereocenters. The molecular weight excluding hydrogens is 128 g/mol.